The van der Waals surface area contributed by atoms with Gasteiger partial charge in [-0.25, -0.2) is 0 Å². The van der Waals surface area contributed by atoms with Crippen LogP contribution in [0.15, 0.2) is 0 Å². The quantitative estimate of drug-likeness (QED) is 0.374. The summed E-state index contributed by atoms with van der Waals surface area (Å²) in [5, 5.41) is 0. The van der Waals surface area contributed by atoms with Crippen LogP contribution in [0.1, 0.15) is 64.7 Å². The van der Waals surface area contributed by atoms with E-state index < -0.39 is 19.2 Å². The molecule has 148 valence electrons. The molecule has 6 aliphatic rings. The van der Waals surface area contributed by atoms with E-state index in [4.69, 9.17) is 19.0 Å². The Morgan fingerprint density at radius 3 is 2.19 bits per heavy atom. The molecular formula is C19H30KO6P. The summed E-state index contributed by atoms with van der Waals surface area (Å²) in [5.41, 5.74) is 0. The van der Waals surface area contributed by atoms with Gasteiger partial charge in [0.1, 0.15) is 7.60 Å². The first kappa shape index (κ1) is 21.9. The fraction of sp³-hybridized carbons (Fsp3) is 1.00. The summed E-state index contributed by atoms with van der Waals surface area (Å²) in [6.45, 7) is 1.92. The summed E-state index contributed by atoms with van der Waals surface area (Å²) in [6, 6.07) is 0. The molecule has 27 heavy (non-hydrogen) atoms. The molecular weight excluding hydrogens is 394 g/mol. The summed E-state index contributed by atoms with van der Waals surface area (Å²) in [5.74, 6) is 1.58. The number of ether oxygens (including phenoxy) is 1. The number of rotatable bonds is 4. The van der Waals surface area contributed by atoms with E-state index in [0.717, 1.165) is 24.7 Å². The molecule has 1 aliphatic heterocycles. The topological polar surface area (TPSA) is 77.1 Å². The smallest absolute Gasteiger partial charge is 0.778 e. The van der Waals surface area contributed by atoms with Crippen molar-refractivity contribution in [2.75, 3.05) is 12.8 Å². The Kier molecular flexibility index (Phi) is 6.46. The minimum atomic E-state index is -3.72. The van der Waals surface area contributed by atoms with Crippen molar-refractivity contribution < 1.29 is 79.9 Å². The van der Waals surface area contributed by atoms with Crippen LogP contribution in [0.3, 0.4) is 0 Å². The van der Waals surface area contributed by atoms with Crippen molar-refractivity contribution >= 4 is 7.60 Å². The third-order valence-corrected chi connectivity index (χ3v) is 9.24. The van der Waals surface area contributed by atoms with Gasteiger partial charge in [0.15, 0.2) is 0 Å². The van der Waals surface area contributed by atoms with Gasteiger partial charge in [0.25, 0.3) is 0 Å². The third kappa shape index (κ3) is 3.98. The van der Waals surface area contributed by atoms with E-state index in [0.29, 0.717) is 24.7 Å². The zero-order valence-electron chi connectivity index (χ0n) is 16.6. The van der Waals surface area contributed by atoms with Crippen molar-refractivity contribution in [3.05, 3.63) is 0 Å². The Labute approximate surface area is 204 Å². The monoisotopic (exact) mass is 424 g/mol. The molecule has 6 rings (SSSR count). The molecule has 2 spiro atoms. The standard InChI is InChI=1S/C19H31O6P.K/c1-2-22-26(20,21)12-13-3-5-18(6-4-13)23-19(25-24-18)16-8-14-7-15(10-16)11-17(19)9-14;/h13-17H,2-12H2,1H3,(H,20,21);/q;+1/p-1. The predicted molar refractivity (Wildman–Crippen MR) is 91.8 cm³/mol. The molecule has 1 unspecified atom stereocenters. The van der Waals surface area contributed by atoms with Crippen LogP contribution < -0.4 is 56.3 Å². The van der Waals surface area contributed by atoms with Crippen LogP contribution in [0.25, 0.3) is 0 Å². The Balaban J connectivity index is 0.00000180. The Morgan fingerprint density at radius 1 is 1.04 bits per heavy atom. The van der Waals surface area contributed by atoms with E-state index >= 15 is 0 Å². The van der Waals surface area contributed by atoms with Gasteiger partial charge in [0.2, 0.25) is 11.6 Å². The average Bonchev–Trinajstić information content (AvgIpc) is 2.95. The first-order valence-corrected chi connectivity index (χ1v) is 12.2. The molecule has 6 fully saturated rings. The van der Waals surface area contributed by atoms with E-state index in [9.17, 15) is 9.46 Å². The minimum Gasteiger partial charge on any atom is -0.778 e. The summed E-state index contributed by atoms with van der Waals surface area (Å²) in [6.07, 6.45) is 9.33. The fourth-order valence-corrected chi connectivity index (χ4v) is 8.16. The van der Waals surface area contributed by atoms with Gasteiger partial charge in [-0.05, 0) is 69.6 Å². The first-order chi connectivity index (χ1) is 12.4. The average molecular weight is 425 g/mol. The molecule has 0 amide bonds. The molecule has 0 aromatic rings. The zero-order chi connectivity index (χ0) is 18.0. The minimum absolute atomic E-state index is 0. The van der Waals surface area contributed by atoms with E-state index in [2.05, 4.69) is 0 Å². The SMILES string of the molecule is CCOP(=O)([O-])CC1CCC2(CC1)OOC1(O2)C2CC3CC(C2)CC1C3.[K+]. The van der Waals surface area contributed by atoms with Crippen LogP contribution in [-0.2, 0) is 23.6 Å². The Morgan fingerprint density at radius 2 is 1.63 bits per heavy atom. The van der Waals surface area contributed by atoms with Gasteiger partial charge in [-0.3, -0.25) is 0 Å². The second-order valence-electron chi connectivity index (χ2n) is 9.36. The molecule has 1 saturated heterocycles. The Bertz CT molecular complexity index is 577. The summed E-state index contributed by atoms with van der Waals surface area (Å²) in [4.78, 5) is 23.8. The van der Waals surface area contributed by atoms with Gasteiger partial charge in [-0.1, -0.05) is 0 Å². The van der Waals surface area contributed by atoms with Crippen LogP contribution in [0.2, 0.25) is 0 Å². The van der Waals surface area contributed by atoms with Gasteiger partial charge in [0, 0.05) is 30.8 Å². The maximum absolute atomic E-state index is 11.9. The number of hydrogen-bond donors (Lipinski definition) is 0. The van der Waals surface area contributed by atoms with Crippen LogP contribution >= 0.6 is 7.60 Å². The molecule has 0 aromatic carbocycles. The van der Waals surface area contributed by atoms with E-state index in [-0.39, 0.29) is 70.1 Å². The van der Waals surface area contributed by atoms with E-state index in [1.165, 1.54) is 32.1 Å². The van der Waals surface area contributed by atoms with Gasteiger partial charge < -0.3 is 18.7 Å². The molecule has 0 aromatic heterocycles. The Hall–Kier alpha value is 1.67. The molecule has 0 N–H and O–H groups in total. The van der Waals surface area contributed by atoms with Crippen molar-refractivity contribution in [3.63, 3.8) is 0 Å². The van der Waals surface area contributed by atoms with Crippen molar-refractivity contribution in [1.82, 2.24) is 0 Å². The largest absolute Gasteiger partial charge is 1.00 e. The first-order valence-electron chi connectivity index (χ1n) is 10.4. The van der Waals surface area contributed by atoms with Crippen LogP contribution in [0.4, 0.5) is 0 Å². The van der Waals surface area contributed by atoms with Crippen LogP contribution in [-0.4, -0.2) is 24.3 Å². The fourth-order valence-electron chi connectivity index (χ4n) is 6.66. The molecule has 1 atom stereocenters. The van der Waals surface area contributed by atoms with Gasteiger partial charge in [-0.15, -0.1) is 0 Å². The van der Waals surface area contributed by atoms with E-state index in [1.807, 2.05) is 0 Å². The van der Waals surface area contributed by atoms with Crippen LogP contribution in [0, 0.1) is 29.6 Å². The molecule has 0 radical (unpaired) electrons. The molecule has 5 aliphatic carbocycles. The van der Waals surface area contributed by atoms with E-state index in [1.54, 1.807) is 6.92 Å². The predicted octanol–water partition coefficient (Wildman–Crippen LogP) is 0.598. The van der Waals surface area contributed by atoms with Crippen molar-refractivity contribution in [3.8, 4) is 0 Å². The van der Waals surface area contributed by atoms with Gasteiger partial charge in [-0.2, -0.15) is 9.78 Å². The molecule has 4 bridgehead atoms. The normalized spacial score (nSPS) is 50.1. The molecule has 6 nitrogen and oxygen atoms in total. The maximum Gasteiger partial charge on any atom is 1.00 e. The third-order valence-electron chi connectivity index (χ3n) is 7.62. The van der Waals surface area contributed by atoms with Crippen molar-refractivity contribution in [2.24, 2.45) is 29.6 Å². The molecule has 5 saturated carbocycles. The molecule has 8 heteroatoms. The second-order valence-corrected chi connectivity index (χ2v) is 11.2. The summed E-state index contributed by atoms with van der Waals surface area (Å²) < 4.78 is 23.5. The van der Waals surface area contributed by atoms with Crippen molar-refractivity contribution in [2.45, 2.75) is 76.3 Å². The molecule has 1 heterocycles. The maximum atomic E-state index is 11.9. The zero-order valence-corrected chi connectivity index (χ0v) is 20.6. The number of hydrogen-bond acceptors (Lipinski definition) is 6. The van der Waals surface area contributed by atoms with Gasteiger partial charge in [0.05, 0.1) is 6.61 Å². The summed E-state index contributed by atoms with van der Waals surface area (Å²) in [7, 11) is -3.72. The van der Waals surface area contributed by atoms with Crippen LogP contribution in [0.5, 0.6) is 0 Å². The summed E-state index contributed by atoms with van der Waals surface area (Å²) >= 11 is 0. The van der Waals surface area contributed by atoms with Crippen molar-refractivity contribution in [1.29, 1.82) is 0 Å². The van der Waals surface area contributed by atoms with Gasteiger partial charge >= 0.3 is 51.4 Å². The second kappa shape index (κ2) is 7.98.